The molecule has 30 heavy (non-hydrogen) atoms. The zero-order valence-corrected chi connectivity index (χ0v) is 20.3. The Labute approximate surface area is 186 Å². The minimum absolute atomic E-state index is 0.347. The van der Waals surface area contributed by atoms with Gasteiger partial charge in [-0.05, 0) is 31.4 Å². The van der Waals surface area contributed by atoms with Crippen LogP contribution in [0, 0.1) is 6.61 Å². The van der Waals surface area contributed by atoms with E-state index >= 15 is 0 Å². The molecular weight excluding hydrogens is 394 g/mol. The van der Waals surface area contributed by atoms with Crippen LogP contribution in [-0.4, -0.2) is 13.7 Å². The van der Waals surface area contributed by atoms with E-state index in [1.807, 2.05) is 26.0 Å². The van der Waals surface area contributed by atoms with Crippen LogP contribution in [0.25, 0.3) is 0 Å². The fraction of sp³-hybridized carbons (Fsp3) is 0.720. The van der Waals surface area contributed by atoms with E-state index in [2.05, 4.69) is 11.6 Å². The highest BCUT2D eigenvalue weighted by molar-refractivity contribution is 7.93. The lowest BCUT2D eigenvalue weighted by molar-refractivity contribution is 0.399. The molecule has 0 spiro atoms. The maximum absolute atomic E-state index is 13.0. The molecule has 1 aromatic carbocycles. The van der Waals surface area contributed by atoms with Gasteiger partial charge in [0.25, 0.3) is 0 Å². The number of benzene rings is 1. The highest BCUT2D eigenvalue weighted by Crippen LogP contribution is 2.28. The minimum atomic E-state index is -3.44. The van der Waals surface area contributed by atoms with Gasteiger partial charge in [0, 0.05) is 0 Å². The summed E-state index contributed by atoms with van der Waals surface area (Å²) in [4.78, 5) is 0. The summed E-state index contributed by atoms with van der Waals surface area (Å²) in [7, 11) is -3.44. The van der Waals surface area contributed by atoms with Crippen LogP contribution in [0.5, 0.6) is 5.75 Å². The Balaban J connectivity index is 2.45. The molecule has 0 amide bonds. The molecule has 1 rings (SSSR count). The second-order valence-electron chi connectivity index (χ2n) is 8.22. The van der Waals surface area contributed by atoms with Gasteiger partial charge in [0.2, 0.25) is 10.0 Å². The molecule has 0 bridgehead atoms. The fourth-order valence-electron chi connectivity index (χ4n) is 3.70. The number of hydrogen-bond acceptors (Lipinski definition) is 3. The Hall–Kier alpha value is -1.23. The zero-order chi connectivity index (χ0) is 22.1. The van der Waals surface area contributed by atoms with Gasteiger partial charge in [-0.1, -0.05) is 104 Å². The van der Waals surface area contributed by atoms with Crippen molar-refractivity contribution in [2.24, 2.45) is 0 Å². The molecule has 0 aromatic heterocycles. The monoisotopic (exact) mass is 438 g/mol. The Bertz CT molecular complexity index is 646. The Morgan fingerprint density at radius 3 is 2.03 bits per heavy atom. The summed E-state index contributed by atoms with van der Waals surface area (Å²) in [5.41, 5.74) is 0.520. The normalized spacial score (nSPS) is 12.6. The van der Waals surface area contributed by atoms with Crippen molar-refractivity contribution in [3.8, 4) is 5.75 Å². The van der Waals surface area contributed by atoms with Crippen LogP contribution in [0.15, 0.2) is 24.3 Å². The van der Waals surface area contributed by atoms with Crippen LogP contribution < -0.4 is 9.46 Å². The molecule has 0 aliphatic rings. The van der Waals surface area contributed by atoms with E-state index in [9.17, 15) is 8.42 Å². The molecule has 4 nitrogen and oxygen atoms in total. The first-order valence-corrected chi connectivity index (χ1v) is 13.7. The van der Waals surface area contributed by atoms with Crippen molar-refractivity contribution in [3.63, 3.8) is 0 Å². The van der Waals surface area contributed by atoms with E-state index in [1.165, 1.54) is 51.4 Å². The molecule has 0 aliphatic carbocycles. The van der Waals surface area contributed by atoms with Crippen molar-refractivity contribution in [1.82, 2.24) is 0 Å². The molecule has 1 unspecified atom stereocenters. The third-order valence-electron chi connectivity index (χ3n) is 5.45. The summed E-state index contributed by atoms with van der Waals surface area (Å²) < 4.78 is 34.4. The van der Waals surface area contributed by atoms with Crippen LogP contribution in [0.3, 0.4) is 0 Å². The molecule has 1 N–H and O–H groups in total. The minimum Gasteiger partial charge on any atom is -0.484 e. The van der Waals surface area contributed by atoms with Crippen molar-refractivity contribution in [3.05, 3.63) is 30.9 Å². The van der Waals surface area contributed by atoms with Crippen molar-refractivity contribution >= 4 is 15.7 Å². The first kappa shape index (κ1) is 26.8. The van der Waals surface area contributed by atoms with Gasteiger partial charge < -0.3 is 4.74 Å². The highest BCUT2D eigenvalue weighted by Gasteiger charge is 2.25. The van der Waals surface area contributed by atoms with Gasteiger partial charge in [-0.3, -0.25) is 4.72 Å². The SMILES string of the molecule is CC[CH]Oc1ccccc1NS(=O)(=O)C(CCC)CCCCCCCCCCCC. The number of hydrogen-bond donors (Lipinski definition) is 1. The van der Waals surface area contributed by atoms with E-state index < -0.39 is 10.0 Å². The molecule has 0 fully saturated rings. The van der Waals surface area contributed by atoms with Gasteiger partial charge in [0.05, 0.1) is 10.9 Å². The summed E-state index contributed by atoms with van der Waals surface area (Å²) in [6.07, 6.45) is 15.7. The first-order chi connectivity index (χ1) is 14.5. The second-order valence-corrected chi connectivity index (χ2v) is 10.2. The number of sulfonamides is 1. The number of para-hydroxylation sites is 2. The maximum atomic E-state index is 13.0. The van der Waals surface area contributed by atoms with Gasteiger partial charge in [0.15, 0.2) is 0 Å². The lowest BCUT2D eigenvalue weighted by Gasteiger charge is -2.20. The molecule has 5 heteroatoms. The summed E-state index contributed by atoms with van der Waals surface area (Å²) >= 11 is 0. The predicted octanol–water partition coefficient (Wildman–Crippen LogP) is 7.86. The van der Waals surface area contributed by atoms with Crippen molar-refractivity contribution < 1.29 is 13.2 Å². The average molecular weight is 439 g/mol. The Kier molecular flexibility index (Phi) is 14.7. The molecule has 1 aromatic rings. The van der Waals surface area contributed by atoms with E-state index in [0.717, 1.165) is 32.1 Å². The smallest absolute Gasteiger partial charge is 0.235 e. The van der Waals surface area contributed by atoms with Crippen LogP contribution in [0.4, 0.5) is 5.69 Å². The Morgan fingerprint density at radius 1 is 0.833 bits per heavy atom. The topological polar surface area (TPSA) is 55.4 Å². The van der Waals surface area contributed by atoms with E-state index in [1.54, 1.807) is 18.7 Å². The summed E-state index contributed by atoms with van der Waals surface area (Å²) in [6, 6.07) is 7.23. The third kappa shape index (κ3) is 11.2. The van der Waals surface area contributed by atoms with Gasteiger partial charge in [-0.15, -0.1) is 0 Å². The summed E-state index contributed by atoms with van der Waals surface area (Å²) in [5.74, 6) is 0.553. The van der Waals surface area contributed by atoms with Gasteiger partial charge in [0.1, 0.15) is 12.4 Å². The molecule has 173 valence electrons. The van der Waals surface area contributed by atoms with Gasteiger partial charge >= 0.3 is 0 Å². The van der Waals surface area contributed by atoms with Crippen LogP contribution >= 0.6 is 0 Å². The molecule has 1 radical (unpaired) electrons. The molecule has 0 saturated heterocycles. The van der Waals surface area contributed by atoms with Crippen LogP contribution in [0.2, 0.25) is 0 Å². The molecule has 0 saturated carbocycles. The number of anilines is 1. The van der Waals surface area contributed by atoms with Crippen molar-refractivity contribution in [2.45, 2.75) is 116 Å². The zero-order valence-electron chi connectivity index (χ0n) is 19.5. The van der Waals surface area contributed by atoms with E-state index in [4.69, 9.17) is 4.74 Å². The standard InChI is InChI=1S/C25H44NO3S/c1-4-7-8-9-10-11-12-13-14-15-19-23(18-5-2)30(27,28)26-24-20-16-17-21-25(24)29-22-6-3/h16-17,20-23,26H,4-15,18-19H2,1-3H3. The average Bonchev–Trinajstić information content (AvgIpc) is 2.73. The van der Waals surface area contributed by atoms with E-state index in [0.29, 0.717) is 17.9 Å². The molecule has 1 atom stereocenters. The number of unbranched alkanes of at least 4 members (excludes halogenated alkanes) is 9. The van der Waals surface area contributed by atoms with E-state index in [-0.39, 0.29) is 5.25 Å². The summed E-state index contributed by atoms with van der Waals surface area (Å²) in [6.45, 7) is 7.96. The first-order valence-electron chi connectivity index (χ1n) is 12.1. The van der Waals surface area contributed by atoms with Crippen LogP contribution in [0.1, 0.15) is 111 Å². The quantitative estimate of drug-likeness (QED) is 0.224. The highest BCUT2D eigenvalue weighted by atomic mass is 32.2. The number of ether oxygens (including phenoxy) is 1. The fourth-order valence-corrected chi connectivity index (χ4v) is 5.36. The largest absolute Gasteiger partial charge is 0.484 e. The molecular formula is C25H44NO3S. The van der Waals surface area contributed by atoms with Crippen molar-refractivity contribution in [1.29, 1.82) is 0 Å². The molecule has 0 aliphatic heterocycles. The van der Waals surface area contributed by atoms with Gasteiger partial charge in [-0.2, -0.15) is 0 Å². The van der Waals surface area contributed by atoms with Crippen LogP contribution in [-0.2, 0) is 10.0 Å². The Morgan fingerprint density at radius 2 is 1.43 bits per heavy atom. The second kappa shape index (κ2) is 16.5. The predicted molar refractivity (Wildman–Crippen MR) is 129 cm³/mol. The maximum Gasteiger partial charge on any atom is 0.235 e. The number of rotatable bonds is 19. The third-order valence-corrected chi connectivity index (χ3v) is 7.30. The number of nitrogens with one attached hydrogen (secondary N) is 1. The summed E-state index contributed by atoms with van der Waals surface area (Å²) in [5, 5.41) is -0.347. The van der Waals surface area contributed by atoms with Gasteiger partial charge in [-0.25, -0.2) is 8.42 Å². The molecule has 0 heterocycles. The van der Waals surface area contributed by atoms with Crippen molar-refractivity contribution in [2.75, 3.05) is 4.72 Å². The lowest BCUT2D eigenvalue weighted by Crippen LogP contribution is -2.28. The lowest BCUT2D eigenvalue weighted by atomic mass is 10.0.